The molecule has 0 spiro atoms. The molecule has 1 saturated carbocycles. The third-order valence-electron chi connectivity index (χ3n) is 5.47. The topological polar surface area (TPSA) is 69.2 Å². The van der Waals surface area contributed by atoms with Gasteiger partial charge in [0.2, 0.25) is 0 Å². The van der Waals surface area contributed by atoms with E-state index in [2.05, 4.69) is 5.10 Å². The quantitative estimate of drug-likeness (QED) is 0.685. The van der Waals surface area contributed by atoms with E-state index >= 15 is 0 Å². The molecule has 1 aliphatic rings. The molecule has 1 fully saturated rings. The summed E-state index contributed by atoms with van der Waals surface area (Å²) in [5.41, 5.74) is 0.722. The fourth-order valence-corrected chi connectivity index (χ4v) is 3.94. The average Bonchev–Trinajstić information content (AvgIpc) is 2.75. The van der Waals surface area contributed by atoms with Gasteiger partial charge in [0.05, 0.1) is 17.5 Å². The van der Waals surface area contributed by atoms with Crippen molar-refractivity contribution in [2.45, 2.75) is 58.0 Å². The first-order valence-electron chi connectivity index (χ1n) is 10.3. The first kappa shape index (κ1) is 19.3. The standard InChI is InChI=1S/C23H26N4O2/c1-16(2)27-22(28)19-13-7-6-12-18(19)21(25-27)23(29)26-15-9-8-14-20(26)24-17-10-4-3-5-11-17/h6-9,12-17H,3-5,10-11H2,1-2H3. The summed E-state index contributed by atoms with van der Waals surface area (Å²) in [6.07, 6.45) is 7.46. The summed E-state index contributed by atoms with van der Waals surface area (Å²) < 4.78 is 2.94. The molecule has 29 heavy (non-hydrogen) atoms. The van der Waals surface area contributed by atoms with Gasteiger partial charge in [-0.25, -0.2) is 4.68 Å². The fraction of sp³-hybridized carbons (Fsp3) is 0.391. The van der Waals surface area contributed by atoms with Gasteiger partial charge in [-0.1, -0.05) is 43.5 Å². The van der Waals surface area contributed by atoms with Crippen molar-refractivity contribution < 1.29 is 4.79 Å². The predicted molar refractivity (Wildman–Crippen MR) is 113 cm³/mol. The molecule has 1 aromatic carbocycles. The molecule has 6 nitrogen and oxygen atoms in total. The third kappa shape index (κ3) is 3.79. The Morgan fingerprint density at radius 1 is 1.03 bits per heavy atom. The van der Waals surface area contributed by atoms with E-state index in [1.165, 1.54) is 23.9 Å². The summed E-state index contributed by atoms with van der Waals surface area (Å²) in [4.78, 5) is 31.2. The number of pyridine rings is 1. The zero-order valence-electron chi connectivity index (χ0n) is 16.9. The second kappa shape index (κ2) is 8.15. The first-order valence-corrected chi connectivity index (χ1v) is 10.3. The van der Waals surface area contributed by atoms with E-state index < -0.39 is 0 Å². The van der Waals surface area contributed by atoms with Gasteiger partial charge in [0.1, 0.15) is 5.49 Å². The highest BCUT2D eigenvalue weighted by Gasteiger charge is 2.20. The van der Waals surface area contributed by atoms with Gasteiger partial charge in [-0.3, -0.25) is 19.1 Å². The number of fused-ring (bicyclic) bond motifs is 1. The van der Waals surface area contributed by atoms with Crippen LogP contribution >= 0.6 is 0 Å². The minimum Gasteiger partial charge on any atom is -0.267 e. The van der Waals surface area contributed by atoms with Gasteiger partial charge in [-0.15, -0.1) is 0 Å². The molecule has 0 unspecified atom stereocenters. The SMILES string of the molecule is CC(C)n1nc(C(=O)n2ccccc2=NC2CCCCC2)c2ccccc2c1=O. The molecule has 6 heteroatoms. The van der Waals surface area contributed by atoms with E-state index in [0.717, 1.165) is 12.8 Å². The van der Waals surface area contributed by atoms with Crippen molar-refractivity contribution in [2.24, 2.45) is 4.99 Å². The minimum absolute atomic E-state index is 0.147. The van der Waals surface area contributed by atoms with Crippen molar-refractivity contribution in [1.29, 1.82) is 0 Å². The molecule has 0 saturated heterocycles. The van der Waals surface area contributed by atoms with Crippen molar-refractivity contribution >= 4 is 16.7 Å². The van der Waals surface area contributed by atoms with Crippen LogP contribution in [-0.4, -0.2) is 26.3 Å². The van der Waals surface area contributed by atoms with Crippen LogP contribution in [0.5, 0.6) is 0 Å². The van der Waals surface area contributed by atoms with Crippen LogP contribution in [0.4, 0.5) is 0 Å². The smallest absolute Gasteiger partial charge is 0.267 e. The second-order valence-electron chi connectivity index (χ2n) is 7.89. The van der Waals surface area contributed by atoms with Crippen LogP contribution in [0.25, 0.3) is 10.8 Å². The summed E-state index contributed by atoms with van der Waals surface area (Å²) in [6, 6.07) is 12.8. The van der Waals surface area contributed by atoms with Crippen molar-refractivity contribution in [3.05, 3.63) is 70.2 Å². The zero-order valence-corrected chi connectivity index (χ0v) is 16.9. The van der Waals surface area contributed by atoms with Crippen molar-refractivity contribution in [1.82, 2.24) is 14.3 Å². The monoisotopic (exact) mass is 390 g/mol. The normalized spacial score (nSPS) is 15.9. The molecule has 0 radical (unpaired) electrons. The maximum Gasteiger partial charge on any atom is 0.284 e. The largest absolute Gasteiger partial charge is 0.284 e. The van der Waals surface area contributed by atoms with Crippen molar-refractivity contribution in [2.75, 3.05) is 0 Å². The van der Waals surface area contributed by atoms with Crippen LogP contribution in [0.1, 0.15) is 62.5 Å². The summed E-state index contributed by atoms with van der Waals surface area (Å²) >= 11 is 0. The molecule has 0 bridgehead atoms. The minimum atomic E-state index is -0.272. The van der Waals surface area contributed by atoms with E-state index in [1.54, 1.807) is 22.9 Å². The third-order valence-corrected chi connectivity index (χ3v) is 5.47. The number of hydrogen-bond acceptors (Lipinski definition) is 4. The van der Waals surface area contributed by atoms with Crippen molar-refractivity contribution in [3.8, 4) is 0 Å². The number of carbonyl (C=O) groups excluding carboxylic acids is 1. The first-order chi connectivity index (χ1) is 14.1. The number of benzene rings is 1. The van der Waals surface area contributed by atoms with Crippen LogP contribution < -0.4 is 11.0 Å². The summed E-state index contributed by atoms with van der Waals surface area (Å²) in [5.74, 6) is -0.272. The zero-order chi connectivity index (χ0) is 20.4. The Labute approximate surface area is 169 Å². The Kier molecular flexibility index (Phi) is 5.43. The molecule has 2 heterocycles. The second-order valence-corrected chi connectivity index (χ2v) is 7.89. The summed E-state index contributed by atoms with van der Waals surface area (Å²) in [5, 5.41) is 5.53. The highest BCUT2D eigenvalue weighted by molar-refractivity contribution is 6.05. The highest BCUT2D eigenvalue weighted by Crippen LogP contribution is 2.20. The number of hydrogen-bond donors (Lipinski definition) is 0. The van der Waals surface area contributed by atoms with Gasteiger partial charge in [-0.2, -0.15) is 5.10 Å². The molecular weight excluding hydrogens is 364 g/mol. The maximum atomic E-state index is 13.5. The van der Waals surface area contributed by atoms with Gasteiger partial charge in [0.15, 0.2) is 5.69 Å². The number of rotatable bonds is 3. The van der Waals surface area contributed by atoms with Gasteiger partial charge in [0.25, 0.3) is 11.5 Å². The molecular formula is C23H26N4O2. The number of nitrogens with zero attached hydrogens (tertiary/aromatic N) is 4. The Bertz CT molecular complexity index is 1170. The summed E-state index contributed by atoms with van der Waals surface area (Å²) in [6.45, 7) is 3.77. The average molecular weight is 390 g/mol. The van der Waals surface area contributed by atoms with Crippen LogP contribution in [-0.2, 0) is 0 Å². The molecule has 0 amide bonds. The molecule has 2 aromatic heterocycles. The Morgan fingerprint density at radius 3 is 2.45 bits per heavy atom. The van der Waals surface area contributed by atoms with Gasteiger partial charge in [0, 0.05) is 11.6 Å². The highest BCUT2D eigenvalue weighted by atomic mass is 16.2. The van der Waals surface area contributed by atoms with E-state index in [-0.39, 0.29) is 29.2 Å². The lowest BCUT2D eigenvalue weighted by Crippen LogP contribution is -2.33. The Balaban J connectivity index is 1.88. The van der Waals surface area contributed by atoms with Crippen LogP contribution in [0, 0.1) is 0 Å². The van der Waals surface area contributed by atoms with E-state index in [9.17, 15) is 9.59 Å². The molecule has 0 atom stereocenters. The molecule has 150 valence electrons. The van der Waals surface area contributed by atoms with Crippen LogP contribution in [0.3, 0.4) is 0 Å². The summed E-state index contributed by atoms with van der Waals surface area (Å²) in [7, 11) is 0. The molecule has 1 aliphatic carbocycles. The van der Waals surface area contributed by atoms with Gasteiger partial charge < -0.3 is 0 Å². The molecule has 0 aliphatic heterocycles. The van der Waals surface area contributed by atoms with E-state index in [4.69, 9.17) is 4.99 Å². The maximum absolute atomic E-state index is 13.5. The molecule has 3 aromatic rings. The number of carbonyl (C=O) groups is 1. The molecule has 0 N–H and O–H groups in total. The Morgan fingerprint density at radius 2 is 1.72 bits per heavy atom. The predicted octanol–water partition coefficient (Wildman–Crippen LogP) is 3.70. The van der Waals surface area contributed by atoms with Crippen molar-refractivity contribution in [3.63, 3.8) is 0 Å². The van der Waals surface area contributed by atoms with Gasteiger partial charge in [-0.05, 0) is 44.9 Å². The van der Waals surface area contributed by atoms with E-state index in [0.29, 0.717) is 16.3 Å². The fourth-order valence-electron chi connectivity index (χ4n) is 3.94. The lowest BCUT2D eigenvalue weighted by molar-refractivity contribution is 0.0948. The van der Waals surface area contributed by atoms with Gasteiger partial charge >= 0.3 is 0 Å². The Hall–Kier alpha value is -3.02. The van der Waals surface area contributed by atoms with Crippen LogP contribution in [0.15, 0.2) is 58.4 Å². The number of aromatic nitrogens is 3. The molecule has 4 rings (SSSR count). The lowest BCUT2D eigenvalue weighted by atomic mass is 9.96. The lowest BCUT2D eigenvalue weighted by Gasteiger charge is -2.18. The van der Waals surface area contributed by atoms with Crippen LogP contribution in [0.2, 0.25) is 0 Å². The van der Waals surface area contributed by atoms with E-state index in [1.807, 2.05) is 44.2 Å².